The van der Waals surface area contributed by atoms with Crippen molar-refractivity contribution in [2.24, 2.45) is 5.92 Å². The first-order valence-corrected chi connectivity index (χ1v) is 8.02. The molecule has 1 aliphatic carbocycles. The van der Waals surface area contributed by atoms with E-state index >= 15 is 0 Å². The van der Waals surface area contributed by atoms with Gasteiger partial charge in [-0.2, -0.15) is 0 Å². The molecule has 0 bridgehead atoms. The second-order valence-corrected chi connectivity index (χ2v) is 6.49. The molecule has 0 aromatic carbocycles. The average Bonchev–Trinajstić information content (AvgIpc) is 2.89. The Bertz CT molecular complexity index is 570. The number of aryl methyl sites for hydroxylation is 1. The van der Waals surface area contributed by atoms with E-state index < -0.39 is 12.0 Å². The van der Waals surface area contributed by atoms with Crippen molar-refractivity contribution in [2.45, 2.75) is 57.5 Å². The Hall–Kier alpha value is -1.91. The number of fused-ring (bicyclic) bond motifs is 1. The maximum atomic E-state index is 12.7. The van der Waals surface area contributed by atoms with E-state index in [2.05, 4.69) is 4.98 Å². The molecular weight excluding hydrogens is 280 g/mol. The Kier molecular flexibility index (Phi) is 4.14. The fraction of sp³-hybridized carbons (Fsp3) is 0.588. The van der Waals surface area contributed by atoms with Gasteiger partial charge in [-0.1, -0.05) is 18.9 Å². The van der Waals surface area contributed by atoms with Crippen LogP contribution in [-0.2, 0) is 16.0 Å². The molecule has 0 spiro atoms. The minimum Gasteiger partial charge on any atom is -0.480 e. The van der Waals surface area contributed by atoms with Crippen molar-refractivity contribution in [1.82, 2.24) is 9.88 Å². The summed E-state index contributed by atoms with van der Waals surface area (Å²) in [5.41, 5.74) is 1.76. The summed E-state index contributed by atoms with van der Waals surface area (Å²) >= 11 is 0. The number of rotatable bonds is 3. The second kappa shape index (κ2) is 6.07. The number of carbonyl (C=O) groups is 2. The van der Waals surface area contributed by atoms with Crippen molar-refractivity contribution in [2.75, 3.05) is 0 Å². The lowest BCUT2D eigenvalue weighted by atomic mass is 9.84. The lowest BCUT2D eigenvalue weighted by molar-refractivity contribution is -0.149. The number of carboxylic acid groups (broad SMARTS) is 1. The summed E-state index contributed by atoms with van der Waals surface area (Å²) in [6.07, 6.45) is 6.77. The number of hydrogen-bond donors (Lipinski definition) is 1. The predicted molar refractivity (Wildman–Crippen MR) is 81.3 cm³/mol. The predicted octanol–water partition coefficient (Wildman–Crippen LogP) is 2.18. The van der Waals surface area contributed by atoms with Crippen LogP contribution in [0, 0.1) is 12.8 Å². The molecule has 1 saturated carbocycles. The van der Waals surface area contributed by atoms with Gasteiger partial charge in [-0.3, -0.25) is 9.78 Å². The maximum Gasteiger partial charge on any atom is 0.326 e. The molecule has 5 nitrogen and oxygen atoms in total. The van der Waals surface area contributed by atoms with Gasteiger partial charge in [0.1, 0.15) is 6.04 Å². The van der Waals surface area contributed by atoms with Crippen LogP contribution in [0.4, 0.5) is 0 Å². The van der Waals surface area contributed by atoms with Gasteiger partial charge in [-0.25, -0.2) is 4.79 Å². The highest BCUT2D eigenvalue weighted by Gasteiger charge is 2.47. The first-order chi connectivity index (χ1) is 10.6. The molecule has 1 aliphatic heterocycles. The van der Waals surface area contributed by atoms with E-state index in [4.69, 9.17) is 0 Å². The van der Waals surface area contributed by atoms with Gasteiger partial charge < -0.3 is 10.0 Å². The number of hydrogen-bond acceptors (Lipinski definition) is 3. The summed E-state index contributed by atoms with van der Waals surface area (Å²) in [4.78, 5) is 30.1. The fourth-order valence-electron chi connectivity index (χ4n) is 3.91. The highest BCUT2D eigenvalue weighted by Crippen LogP contribution is 2.40. The van der Waals surface area contributed by atoms with Crippen LogP contribution in [0.15, 0.2) is 18.3 Å². The van der Waals surface area contributed by atoms with Gasteiger partial charge in [-0.05, 0) is 43.7 Å². The quantitative estimate of drug-likeness (QED) is 0.929. The Morgan fingerprint density at radius 1 is 1.32 bits per heavy atom. The number of aromatic nitrogens is 1. The van der Waals surface area contributed by atoms with Gasteiger partial charge in [0.15, 0.2) is 0 Å². The van der Waals surface area contributed by atoms with E-state index in [1.807, 2.05) is 19.1 Å². The third-order valence-corrected chi connectivity index (χ3v) is 4.99. The largest absolute Gasteiger partial charge is 0.480 e. The molecule has 22 heavy (non-hydrogen) atoms. The number of pyridine rings is 1. The van der Waals surface area contributed by atoms with Gasteiger partial charge in [0.2, 0.25) is 5.91 Å². The number of nitrogens with zero attached hydrogens (tertiary/aromatic N) is 2. The Labute approximate surface area is 130 Å². The van der Waals surface area contributed by atoms with Gasteiger partial charge in [0.25, 0.3) is 0 Å². The Balaban J connectivity index is 1.78. The summed E-state index contributed by atoms with van der Waals surface area (Å²) < 4.78 is 0. The van der Waals surface area contributed by atoms with Crippen LogP contribution in [0.2, 0.25) is 0 Å². The standard InChI is InChI=1S/C17H22N2O3/c1-11-6-7-12(10-18-11)8-16(20)19-14-5-3-2-4-13(14)9-15(19)17(21)22/h6-7,10,13-15H,2-5,8-9H2,1H3,(H,21,22)/t13-,14-,15+/m1/s1. The molecule has 2 heterocycles. The minimum absolute atomic E-state index is 0.0764. The molecule has 1 aromatic heterocycles. The van der Waals surface area contributed by atoms with Crippen LogP contribution in [0.5, 0.6) is 0 Å². The monoisotopic (exact) mass is 302 g/mol. The zero-order valence-corrected chi connectivity index (χ0v) is 12.9. The molecule has 1 N–H and O–H groups in total. The van der Waals surface area contributed by atoms with Crippen LogP contribution in [-0.4, -0.2) is 39.0 Å². The molecule has 5 heteroatoms. The molecule has 1 aromatic rings. The summed E-state index contributed by atoms with van der Waals surface area (Å²) in [5.74, 6) is -0.591. The lowest BCUT2D eigenvalue weighted by Crippen LogP contribution is -2.46. The summed E-state index contributed by atoms with van der Waals surface area (Å²) in [6.45, 7) is 1.90. The zero-order valence-electron chi connectivity index (χ0n) is 12.9. The first kappa shape index (κ1) is 15.0. The number of likely N-dealkylation sites (tertiary alicyclic amines) is 1. The third kappa shape index (κ3) is 2.85. The van der Waals surface area contributed by atoms with Gasteiger partial charge in [0, 0.05) is 17.9 Å². The smallest absolute Gasteiger partial charge is 0.326 e. The Morgan fingerprint density at radius 3 is 2.77 bits per heavy atom. The van der Waals surface area contributed by atoms with E-state index in [1.165, 1.54) is 0 Å². The second-order valence-electron chi connectivity index (χ2n) is 6.49. The number of aliphatic carboxylic acids is 1. The molecule has 0 unspecified atom stereocenters. The Morgan fingerprint density at radius 2 is 2.09 bits per heavy atom. The van der Waals surface area contributed by atoms with E-state index in [-0.39, 0.29) is 18.4 Å². The third-order valence-electron chi connectivity index (χ3n) is 4.99. The maximum absolute atomic E-state index is 12.7. The molecule has 3 rings (SSSR count). The van der Waals surface area contributed by atoms with E-state index in [0.29, 0.717) is 12.3 Å². The van der Waals surface area contributed by atoms with Crippen LogP contribution >= 0.6 is 0 Å². The van der Waals surface area contributed by atoms with Crippen LogP contribution in [0.1, 0.15) is 43.4 Å². The van der Waals surface area contributed by atoms with Crippen molar-refractivity contribution in [3.05, 3.63) is 29.6 Å². The number of amides is 1. The van der Waals surface area contributed by atoms with E-state index in [0.717, 1.165) is 36.9 Å². The van der Waals surface area contributed by atoms with E-state index in [1.54, 1.807) is 11.1 Å². The van der Waals surface area contributed by atoms with Crippen molar-refractivity contribution < 1.29 is 14.7 Å². The number of carbonyl (C=O) groups excluding carboxylic acids is 1. The van der Waals surface area contributed by atoms with Crippen LogP contribution < -0.4 is 0 Å². The minimum atomic E-state index is -0.871. The van der Waals surface area contributed by atoms with Crippen LogP contribution in [0.25, 0.3) is 0 Å². The van der Waals surface area contributed by atoms with Crippen LogP contribution in [0.3, 0.4) is 0 Å². The topological polar surface area (TPSA) is 70.5 Å². The molecule has 0 radical (unpaired) electrons. The number of carboxylic acids is 1. The summed E-state index contributed by atoms with van der Waals surface area (Å²) in [7, 11) is 0. The molecule has 3 atom stereocenters. The van der Waals surface area contributed by atoms with Gasteiger partial charge in [0.05, 0.1) is 6.42 Å². The van der Waals surface area contributed by atoms with E-state index in [9.17, 15) is 14.7 Å². The normalized spacial score (nSPS) is 27.5. The highest BCUT2D eigenvalue weighted by atomic mass is 16.4. The van der Waals surface area contributed by atoms with Crippen molar-refractivity contribution in [1.29, 1.82) is 0 Å². The highest BCUT2D eigenvalue weighted by molar-refractivity contribution is 5.86. The zero-order chi connectivity index (χ0) is 15.7. The van der Waals surface area contributed by atoms with Gasteiger partial charge >= 0.3 is 5.97 Å². The molecular formula is C17H22N2O3. The first-order valence-electron chi connectivity index (χ1n) is 8.02. The SMILES string of the molecule is Cc1ccc(CC(=O)N2[C@@H]3CCCC[C@@H]3C[C@H]2C(=O)O)cn1. The summed E-state index contributed by atoms with van der Waals surface area (Å²) in [5, 5.41) is 9.48. The van der Waals surface area contributed by atoms with Gasteiger partial charge in [-0.15, -0.1) is 0 Å². The average molecular weight is 302 g/mol. The lowest BCUT2D eigenvalue weighted by Gasteiger charge is -2.33. The van der Waals surface area contributed by atoms with Crippen molar-refractivity contribution >= 4 is 11.9 Å². The molecule has 2 aliphatic rings. The van der Waals surface area contributed by atoms with Crippen molar-refractivity contribution in [3.8, 4) is 0 Å². The molecule has 1 saturated heterocycles. The fourth-order valence-corrected chi connectivity index (χ4v) is 3.91. The molecule has 118 valence electrons. The molecule has 1 amide bonds. The van der Waals surface area contributed by atoms with Crippen molar-refractivity contribution in [3.63, 3.8) is 0 Å². The molecule has 2 fully saturated rings. The summed E-state index contributed by atoms with van der Waals surface area (Å²) in [6, 6.07) is 3.23.